The van der Waals surface area contributed by atoms with Crippen LogP contribution in [0.1, 0.15) is 30.6 Å². The fourth-order valence-corrected chi connectivity index (χ4v) is 2.33. The van der Waals surface area contributed by atoms with Gasteiger partial charge >= 0.3 is 11.9 Å². The summed E-state index contributed by atoms with van der Waals surface area (Å²) < 4.78 is 14.7. The number of hydrogen-bond donors (Lipinski definition) is 2. The number of halogens is 1. The molecule has 0 saturated heterocycles. The number of nitrogen functional groups attached to an aromatic ring is 1. The zero-order valence-corrected chi connectivity index (χ0v) is 15.9. The van der Waals surface area contributed by atoms with Crippen LogP contribution in [0.25, 0.3) is 0 Å². The molecule has 1 aromatic rings. The Morgan fingerprint density at radius 3 is 2.42 bits per heavy atom. The summed E-state index contributed by atoms with van der Waals surface area (Å²) in [6.45, 7) is 3.23. The van der Waals surface area contributed by atoms with Gasteiger partial charge in [0.1, 0.15) is 17.4 Å². The van der Waals surface area contributed by atoms with E-state index in [1.165, 1.54) is 26.4 Å². The number of benzene rings is 1. The maximum atomic E-state index is 12.2. The molecule has 9 heteroatoms. The molecule has 0 aliphatic carbocycles. The van der Waals surface area contributed by atoms with E-state index in [4.69, 9.17) is 26.8 Å². The Bertz CT molecular complexity index is 677. The zero-order valence-electron chi connectivity index (χ0n) is 15.1. The van der Waals surface area contributed by atoms with Crippen molar-refractivity contribution in [1.29, 1.82) is 0 Å². The van der Waals surface area contributed by atoms with E-state index in [0.717, 1.165) is 0 Å². The molecule has 0 aromatic heterocycles. The van der Waals surface area contributed by atoms with Gasteiger partial charge in [0.25, 0.3) is 5.91 Å². The molecule has 0 aliphatic rings. The average molecular weight is 387 g/mol. The number of methoxy groups -OCH3 is 2. The predicted octanol–water partition coefficient (Wildman–Crippen LogP) is 1.79. The first kappa shape index (κ1) is 21.6. The number of hydrogen-bond acceptors (Lipinski definition) is 7. The largest absolute Gasteiger partial charge is 0.496 e. The molecule has 0 unspecified atom stereocenters. The van der Waals surface area contributed by atoms with Gasteiger partial charge in [0.2, 0.25) is 0 Å². The van der Waals surface area contributed by atoms with Crippen LogP contribution in [-0.2, 0) is 19.1 Å². The van der Waals surface area contributed by atoms with Gasteiger partial charge < -0.3 is 25.3 Å². The fraction of sp³-hybridized carbons (Fsp3) is 0.471. The predicted molar refractivity (Wildman–Crippen MR) is 96.1 cm³/mol. The van der Waals surface area contributed by atoms with Crippen LogP contribution in [-0.4, -0.2) is 44.7 Å². The Kier molecular flexibility index (Phi) is 8.18. The highest BCUT2D eigenvalue weighted by Gasteiger charge is 2.24. The van der Waals surface area contributed by atoms with Gasteiger partial charge in [-0.05, 0) is 18.4 Å². The second kappa shape index (κ2) is 9.86. The second-order valence-electron chi connectivity index (χ2n) is 5.92. The smallest absolute Gasteiger partial charge is 0.342 e. The molecule has 1 rings (SSSR count). The number of amides is 1. The summed E-state index contributed by atoms with van der Waals surface area (Å²) in [5.41, 5.74) is 5.93. The third kappa shape index (κ3) is 6.11. The molecule has 1 aromatic carbocycles. The maximum absolute atomic E-state index is 12.2. The number of ether oxygens (including phenoxy) is 3. The number of nitrogens with one attached hydrogen (secondary N) is 1. The summed E-state index contributed by atoms with van der Waals surface area (Å²) in [4.78, 5) is 35.9. The van der Waals surface area contributed by atoms with Crippen LogP contribution in [0, 0.1) is 5.92 Å². The molecule has 3 N–H and O–H groups in total. The van der Waals surface area contributed by atoms with Gasteiger partial charge in [-0.25, -0.2) is 9.59 Å². The lowest BCUT2D eigenvalue weighted by Gasteiger charge is -2.18. The zero-order chi connectivity index (χ0) is 19.9. The lowest BCUT2D eigenvalue weighted by atomic mass is 10.0. The quantitative estimate of drug-likeness (QED) is 0.516. The van der Waals surface area contributed by atoms with E-state index < -0.39 is 30.5 Å². The molecule has 144 valence electrons. The summed E-state index contributed by atoms with van der Waals surface area (Å²) in [6.07, 6.45) is 0.397. The maximum Gasteiger partial charge on any atom is 0.342 e. The highest BCUT2D eigenvalue weighted by molar-refractivity contribution is 6.33. The molecular formula is C17H23ClN2O6. The van der Waals surface area contributed by atoms with Gasteiger partial charge in [0.15, 0.2) is 6.61 Å². The molecule has 0 heterocycles. The standard InChI is InChI=1S/C17H23ClN2O6/c1-9(2)5-13(17(23)25-4)20-15(21)8-26-16(22)10-6-11(18)12(19)7-14(10)24-3/h6-7,9,13H,5,8,19H2,1-4H3,(H,20,21)/t13-/m0/s1. The summed E-state index contributed by atoms with van der Waals surface area (Å²) >= 11 is 5.90. The topological polar surface area (TPSA) is 117 Å². The van der Waals surface area contributed by atoms with Gasteiger partial charge in [-0.3, -0.25) is 4.79 Å². The molecule has 8 nitrogen and oxygen atoms in total. The van der Waals surface area contributed by atoms with Crippen LogP contribution in [0.5, 0.6) is 5.75 Å². The first-order valence-electron chi connectivity index (χ1n) is 7.86. The van der Waals surface area contributed by atoms with Crippen LogP contribution in [0.15, 0.2) is 12.1 Å². The third-order valence-electron chi connectivity index (χ3n) is 3.40. The van der Waals surface area contributed by atoms with Gasteiger partial charge in [-0.2, -0.15) is 0 Å². The average Bonchev–Trinajstić information content (AvgIpc) is 2.59. The number of nitrogens with two attached hydrogens (primary N) is 1. The van der Waals surface area contributed by atoms with Crippen molar-refractivity contribution in [2.75, 3.05) is 26.6 Å². The van der Waals surface area contributed by atoms with Crippen LogP contribution in [0.3, 0.4) is 0 Å². The van der Waals surface area contributed by atoms with E-state index in [2.05, 4.69) is 10.1 Å². The molecule has 26 heavy (non-hydrogen) atoms. The molecule has 0 fully saturated rings. The molecular weight excluding hydrogens is 364 g/mol. The van der Waals surface area contributed by atoms with Crippen molar-refractivity contribution in [3.05, 3.63) is 22.7 Å². The van der Waals surface area contributed by atoms with Crippen molar-refractivity contribution in [1.82, 2.24) is 5.32 Å². The molecule has 0 aliphatic heterocycles. The minimum atomic E-state index is -0.813. The Morgan fingerprint density at radius 1 is 1.23 bits per heavy atom. The molecule has 0 radical (unpaired) electrons. The highest BCUT2D eigenvalue weighted by Crippen LogP contribution is 2.29. The van der Waals surface area contributed by atoms with Gasteiger partial charge in [-0.1, -0.05) is 25.4 Å². The van der Waals surface area contributed by atoms with E-state index in [1.807, 2.05) is 13.8 Å². The van der Waals surface area contributed by atoms with Crippen LogP contribution >= 0.6 is 11.6 Å². The molecule has 1 amide bonds. The van der Waals surface area contributed by atoms with Gasteiger partial charge in [-0.15, -0.1) is 0 Å². The summed E-state index contributed by atoms with van der Waals surface area (Å²) in [5, 5.41) is 2.64. The van der Waals surface area contributed by atoms with E-state index in [9.17, 15) is 14.4 Å². The van der Waals surface area contributed by atoms with Crippen molar-refractivity contribution in [3.8, 4) is 5.75 Å². The monoisotopic (exact) mass is 386 g/mol. The van der Waals surface area contributed by atoms with Crippen molar-refractivity contribution in [3.63, 3.8) is 0 Å². The first-order chi connectivity index (χ1) is 12.2. The fourth-order valence-electron chi connectivity index (χ4n) is 2.17. The van der Waals surface area contributed by atoms with Gasteiger partial charge in [0, 0.05) is 6.07 Å². The Labute approximate surface area is 156 Å². The normalized spacial score (nSPS) is 11.6. The Hall–Kier alpha value is -2.48. The highest BCUT2D eigenvalue weighted by atomic mass is 35.5. The Morgan fingerprint density at radius 2 is 1.88 bits per heavy atom. The SMILES string of the molecule is COC(=O)[C@H](CC(C)C)NC(=O)COC(=O)c1cc(Cl)c(N)cc1OC. The van der Waals surface area contributed by atoms with Crippen molar-refractivity contribution >= 4 is 35.1 Å². The van der Waals surface area contributed by atoms with Crippen molar-refractivity contribution in [2.45, 2.75) is 26.3 Å². The molecule has 0 saturated carbocycles. The lowest BCUT2D eigenvalue weighted by Crippen LogP contribution is -2.44. The second-order valence-corrected chi connectivity index (χ2v) is 6.33. The minimum Gasteiger partial charge on any atom is -0.496 e. The minimum absolute atomic E-state index is 0.0335. The van der Waals surface area contributed by atoms with Crippen molar-refractivity contribution < 1.29 is 28.6 Å². The Balaban J connectivity index is 2.73. The third-order valence-corrected chi connectivity index (χ3v) is 3.73. The first-order valence-corrected chi connectivity index (χ1v) is 8.24. The number of rotatable bonds is 8. The van der Waals surface area contributed by atoms with Crippen LogP contribution in [0.4, 0.5) is 5.69 Å². The number of anilines is 1. The summed E-state index contributed by atoms with van der Waals surface area (Å²) in [7, 11) is 2.60. The molecule has 1 atom stereocenters. The van der Waals surface area contributed by atoms with E-state index >= 15 is 0 Å². The molecule has 0 bridgehead atoms. The number of esters is 2. The van der Waals surface area contributed by atoms with Crippen LogP contribution in [0.2, 0.25) is 5.02 Å². The lowest BCUT2D eigenvalue weighted by molar-refractivity contribution is -0.145. The van der Waals surface area contributed by atoms with E-state index in [-0.39, 0.29) is 27.9 Å². The number of carbonyl (C=O) groups excluding carboxylic acids is 3. The summed E-state index contributed by atoms with van der Waals surface area (Å²) in [5.74, 6) is -1.68. The van der Waals surface area contributed by atoms with Crippen molar-refractivity contribution in [2.24, 2.45) is 5.92 Å². The summed E-state index contributed by atoms with van der Waals surface area (Å²) in [6, 6.07) is 1.87. The van der Waals surface area contributed by atoms with Gasteiger partial charge in [0.05, 0.1) is 24.9 Å². The molecule has 0 spiro atoms. The van der Waals surface area contributed by atoms with Crippen LogP contribution < -0.4 is 15.8 Å². The van der Waals surface area contributed by atoms with E-state index in [1.54, 1.807) is 0 Å². The number of carbonyl (C=O) groups is 3. The van der Waals surface area contributed by atoms with E-state index in [0.29, 0.717) is 6.42 Å².